The van der Waals surface area contributed by atoms with Gasteiger partial charge < -0.3 is 9.13 Å². The molecule has 0 unspecified atom stereocenters. The number of aromatic nitrogens is 2. The van der Waals surface area contributed by atoms with E-state index in [0.717, 1.165) is 28.1 Å². The van der Waals surface area contributed by atoms with Crippen LogP contribution in [0.1, 0.15) is 18.2 Å². The Morgan fingerprint density at radius 1 is 0.489 bits per heavy atom. The average Bonchev–Trinajstić information content (AvgIpc) is 3.61. The van der Waals surface area contributed by atoms with E-state index in [9.17, 15) is 0 Å². The topological polar surface area (TPSA) is 9.86 Å². The lowest BCUT2D eigenvalue weighted by molar-refractivity contribution is 1.10. The van der Waals surface area contributed by atoms with E-state index >= 15 is 0 Å². The van der Waals surface area contributed by atoms with Gasteiger partial charge >= 0.3 is 0 Å². The summed E-state index contributed by atoms with van der Waals surface area (Å²) in [6.07, 6.45) is 6.35. The Bertz CT molecular complexity index is 2370. The summed E-state index contributed by atoms with van der Waals surface area (Å²) in [4.78, 5) is 0. The Balaban J connectivity index is 1.37. The number of hydrogen-bond acceptors (Lipinski definition) is 0. The summed E-state index contributed by atoms with van der Waals surface area (Å²) in [7, 11) is 0. The molecule has 0 aliphatic rings. The Kier molecular flexibility index (Phi) is 6.54. The summed E-state index contributed by atoms with van der Waals surface area (Å²) < 4.78 is 4.77. The normalized spacial score (nSPS) is 11.7. The SMILES string of the molecule is C=Cc1c(/C=C\C)n(-c2cccc(-c3ccc(-c4ccccc4)cc3)c2)c2ccc3c(c4ccccc4n3-c3ccccc3)c12. The van der Waals surface area contributed by atoms with Gasteiger partial charge in [-0.1, -0.05) is 122 Å². The lowest BCUT2D eigenvalue weighted by atomic mass is 10.00. The van der Waals surface area contributed by atoms with Crippen LogP contribution in [-0.2, 0) is 0 Å². The molecule has 2 nitrogen and oxygen atoms in total. The fourth-order valence-corrected chi connectivity index (χ4v) is 6.86. The molecular weight excluding hydrogens is 544 g/mol. The van der Waals surface area contributed by atoms with Gasteiger partial charge in [-0.2, -0.15) is 0 Å². The maximum Gasteiger partial charge on any atom is 0.0548 e. The molecular formula is C43H32N2. The quantitative estimate of drug-likeness (QED) is 0.186. The van der Waals surface area contributed by atoms with Crippen molar-refractivity contribution in [3.8, 4) is 33.6 Å². The van der Waals surface area contributed by atoms with Crippen LogP contribution in [0.4, 0.5) is 0 Å². The highest BCUT2D eigenvalue weighted by Gasteiger charge is 2.22. The third kappa shape index (κ3) is 4.34. The van der Waals surface area contributed by atoms with E-state index in [4.69, 9.17) is 0 Å². The minimum absolute atomic E-state index is 1.12. The zero-order valence-electron chi connectivity index (χ0n) is 25.2. The molecule has 8 aromatic rings. The summed E-state index contributed by atoms with van der Waals surface area (Å²) in [6, 6.07) is 52.2. The molecule has 0 spiro atoms. The molecule has 6 aromatic carbocycles. The Hall–Kier alpha value is -5.86. The van der Waals surface area contributed by atoms with Crippen LogP contribution in [0.5, 0.6) is 0 Å². The molecule has 0 N–H and O–H groups in total. The molecule has 0 saturated carbocycles. The first-order chi connectivity index (χ1) is 22.3. The third-order valence-corrected chi connectivity index (χ3v) is 8.82. The number of allylic oxidation sites excluding steroid dienone is 1. The zero-order chi connectivity index (χ0) is 30.3. The smallest absolute Gasteiger partial charge is 0.0548 e. The molecule has 0 atom stereocenters. The van der Waals surface area contributed by atoms with Gasteiger partial charge in [0.1, 0.15) is 0 Å². The van der Waals surface area contributed by atoms with E-state index < -0.39 is 0 Å². The van der Waals surface area contributed by atoms with Crippen LogP contribution in [0.25, 0.3) is 78.5 Å². The third-order valence-electron chi connectivity index (χ3n) is 8.82. The van der Waals surface area contributed by atoms with Gasteiger partial charge in [0.15, 0.2) is 0 Å². The minimum atomic E-state index is 1.12. The molecule has 0 aliphatic heterocycles. The Morgan fingerprint density at radius 3 is 1.78 bits per heavy atom. The molecule has 0 aliphatic carbocycles. The fraction of sp³-hybridized carbons (Fsp3) is 0.0233. The van der Waals surface area contributed by atoms with Crippen LogP contribution in [0.15, 0.2) is 158 Å². The largest absolute Gasteiger partial charge is 0.309 e. The molecule has 214 valence electrons. The van der Waals surface area contributed by atoms with E-state index in [1.807, 2.05) is 6.08 Å². The summed E-state index contributed by atoms with van der Waals surface area (Å²) in [6.45, 7) is 6.41. The number of nitrogens with zero attached hydrogens (tertiary/aromatic N) is 2. The fourth-order valence-electron chi connectivity index (χ4n) is 6.86. The van der Waals surface area contributed by atoms with E-state index in [1.165, 1.54) is 49.4 Å². The molecule has 2 heterocycles. The first-order valence-electron chi connectivity index (χ1n) is 15.4. The van der Waals surface area contributed by atoms with Crippen molar-refractivity contribution in [2.24, 2.45) is 0 Å². The molecule has 0 amide bonds. The monoisotopic (exact) mass is 576 g/mol. The van der Waals surface area contributed by atoms with Crippen molar-refractivity contribution in [3.05, 3.63) is 170 Å². The number of hydrogen-bond donors (Lipinski definition) is 0. The van der Waals surface area contributed by atoms with Crippen molar-refractivity contribution in [1.29, 1.82) is 0 Å². The molecule has 2 aromatic heterocycles. The molecule has 0 saturated heterocycles. The van der Waals surface area contributed by atoms with Gasteiger partial charge in [-0.05, 0) is 77.7 Å². The van der Waals surface area contributed by atoms with E-state index in [0.29, 0.717) is 0 Å². The van der Waals surface area contributed by atoms with Gasteiger partial charge in [0.2, 0.25) is 0 Å². The van der Waals surface area contributed by atoms with Crippen LogP contribution in [0, 0.1) is 0 Å². The first-order valence-corrected chi connectivity index (χ1v) is 15.4. The average molecular weight is 577 g/mol. The van der Waals surface area contributed by atoms with E-state index in [-0.39, 0.29) is 0 Å². The van der Waals surface area contributed by atoms with Crippen molar-refractivity contribution in [1.82, 2.24) is 9.13 Å². The van der Waals surface area contributed by atoms with Gasteiger partial charge in [0.05, 0.1) is 22.2 Å². The molecule has 0 radical (unpaired) electrons. The Morgan fingerprint density at radius 2 is 1.07 bits per heavy atom. The second-order valence-corrected chi connectivity index (χ2v) is 11.4. The lowest BCUT2D eigenvalue weighted by Gasteiger charge is -2.12. The summed E-state index contributed by atoms with van der Waals surface area (Å²) >= 11 is 0. The second kappa shape index (κ2) is 11.0. The van der Waals surface area contributed by atoms with Crippen molar-refractivity contribution < 1.29 is 0 Å². The highest BCUT2D eigenvalue weighted by atomic mass is 15.0. The van der Waals surface area contributed by atoms with E-state index in [1.54, 1.807) is 0 Å². The maximum atomic E-state index is 4.33. The minimum Gasteiger partial charge on any atom is -0.309 e. The van der Waals surface area contributed by atoms with Gasteiger partial charge in [-0.15, -0.1) is 0 Å². The zero-order valence-corrected chi connectivity index (χ0v) is 25.2. The van der Waals surface area contributed by atoms with Gasteiger partial charge in [-0.25, -0.2) is 0 Å². The van der Waals surface area contributed by atoms with Crippen LogP contribution in [-0.4, -0.2) is 9.13 Å². The number of fused-ring (bicyclic) bond motifs is 5. The summed E-state index contributed by atoms with van der Waals surface area (Å²) in [5.74, 6) is 0. The maximum absolute atomic E-state index is 4.33. The molecule has 2 heteroatoms. The molecule has 0 fully saturated rings. The van der Waals surface area contributed by atoms with Crippen molar-refractivity contribution in [2.75, 3.05) is 0 Å². The van der Waals surface area contributed by atoms with Crippen molar-refractivity contribution in [2.45, 2.75) is 6.92 Å². The molecule has 45 heavy (non-hydrogen) atoms. The highest BCUT2D eigenvalue weighted by Crippen LogP contribution is 2.42. The molecule has 0 bridgehead atoms. The second-order valence-electron chi connectivity index (χ2n) is 11.4. The van der Waals surface area contributed by atoms with Crippen molar-refractivity contribution in [3.63, 3.8) is 0 Å². The first kappa shape index (κ1) is 26.7. The predicted molar refractivity (Wildman–Crippen MR) is 193 cm³/mol. The van der Waals surface area contributed by atoms with Gasteiger partial charge in [0, 0.05) is 33.1 Å². The highest BCUT2D eigenvalue weighted by molar-refractivity contribution is 6.23. The summed E-state index contributed by atoms with van der Waals surface area (Å²) in [5.41, 5.74) is 12.9. The summed E-state index contributed by atoms with van der Waals surface area (Å²) in [5, 5.41) is 3.71. The number of benzene rings is 6. The van der Waals surface area contributed by atoms with Crippen LogP contribution >= 0.6 is 0 Å². The molecule has 8 rings (SSSR count). The number of para-hydroxylation sites is 2. The van der Waals surface area contributed by atoms with Crippen LogP contribution < -0.4 is 0 Å². The van der Waals surface area contributed by atoms with Crippen molar-refractivity contribution >= 4 is 44.9 Å². The number of rotatable bonds is 6. The predicted octanol–water partition coefficient (Wildman–Crippen LogP) is 11.7. The standard InChI is InChI=1S/C43H32N2/c1-3-14-38-36(4-2)42-40(27-28-41-43(42)37-21-11-12-22-39(37)44(41)34-18-9-6-10-19-34)45(38)35-20-13-17-33(29-35)32-25-23-31(24-26-32)30-15-7-5-8-16-30/h3-29H,2H2,1H3/b14-3-. The van der Waals surface area contributed by atoms with Gasteiger partial charge in [0.25, 0.3) is 0 Å². The van der Waals surface area contributed by atoms with Crippen LogP contribution in [0.2, 0.25) is 0 Å². The van der Waals surface area contributed by atoms with Gasteiger partial charge in [-0.3, -0.25) is 0 Å². The Labute approximate surface area is 263 Å². The van der Waals surface area contributed by atoms with Crippen LogP contribution in [0.3, 0.4) is 0 Å². The van der Waals surface area contributed by atoms with E-state index in [2.05, 4.69) is 180 Å². The lowest BCUT2D eigenvalue weighted by Crippen LogP contribution is -1.97.